The van der Waals surface area contributed by atoms with Crippen molar-refractivity contribution in [2.24, 2.45) is 0 Å². The molecule has 0 aliphatic rings. The van der Waals surface area contributed by atoms with Crippen LogP contribution in [0.5, 0.6) is 0 Å². The summed E-state index contributed by atoms with van der Waals surface area (Å²) in [6.45, 7) is 10.7. The molecule has 0 N–H and O–H groups in total. The molecule has 2 nitrogen and oxygen atoms in total. The minimum Gasteiger partial charge on any atom is -0.298 e. The number of ketones is 1. The Balaban J connectivity index is 3.41. The summed E-state index contributed by atoms with van der Waals surface area (Å²) in [5, 5.41) is 0. The number of Topliss-reactive ketones (excluding diaryl/α,β-unsaturated/α-hetero) is 1. The molecule has 1 atom stereocenters. The number of likely N-dealkylation sites (N-methyl/N-ethyl adjacent to an activating group) is 1. The van der Waals surface area contributed by atoms with Crippen LogP contribution in [0.2, 0.25) is 0 Å². The van der Waals surface area contributed by atoms with Crippen LogP contribution in [0, 0.1) is 0 Å². The van der Waals surface area contributed by atoms with E-state index in [0.717, 1.165) is 32.4 Å². The Kier molecular flexibility index (Phi) is 18.1. The van der Waals surface area contributed by atoms with E-state index in [2.05, 4.69) is 32.6 Å². The molecule has 0 amide bonds. The molecule has 0 radical (unpaired) electrons. The van der Waals surface area contributed by atoms with Gasteiger partial charge >= 0.3 is 0 Å². The van der Waals surface area contributed by atoms with E-state index >= 15 is 0 Å². The van der Waals surface area contributed by atoms with Crippen LogP contribution < -0.4 is 0 Å². The Bertz CT molecular complexity index is 290. The Hall–Kier alpha value is -0.370. The summed E-state index contributed by atoms with van der Waals surface area (Å²) in [5.74, 6) is 0.443. The highest BCUT2D eigenvalue weighted by atomic mass is 16.1. The Morgan fingerprint density at radius 1 is 0.680 bits per heavy atom. The third-order valence-corrected chi connectivity index (χ3v) is 5.46. The Morgan fingerprint density at radius 3 is 1.52 bits per heavy atom. The highest BCUT2D eigenvalue weighted by Crippen LogP contribution is 2.14. The van der Waals surface area contributed by atoms with Crippen LogP contribution in [0.3, 0.4) is 0 Å². The molecule has 2 heteroatoms. The van der Waals surface area contributed by atoms with Crippen molar-refractivity contribution in [3.63, 3.8) is 0 Å². The van der Waals surface area contributed by atoms with E-state index in [-0.39, 0.29) is 6.04 Å². The molecule has 25 heavy (non-hydrogen) atoms. The molecule has 0 spiro atoms. The van der Waals surface area contributed by atoms with Crippen LogP contribution >= 0.6 is 0 Å². The van der Waals surface area contributed by atoms with E-state index in [1.807, 2.05) is 0 Å². The van der Waals surface area contributed by atoms with Crippen LogP contribution in [0.15, 0.2) is 0 Å². The van der Waals surface area contributed by atoms with Crippen LogP contribution in [0.4, 0.5) is 0 Å². The first-order chi connectivity index (χ1) is 12.2. The highest BCUT2D eigenvalue weighted by molar-refractivity contribution is 5.83. The summed E-state index contributed by atoms with van der Waals surface area (Å²) in [6, 6.07) is 0.113. The monoisotopic (exact) mass is 353 g/mol. The SMILES string of the molecule is CCCCCCCCCCCCCCCC(=O)C(C)N(CC)CCC. The minimum absolute atomic E-state index is 0.113. The fraction of sp³-hybridized carbons (Fsp3) is 0.957. The van der Waals surface area contributed by atoms with E-state index in [9.17, 15) is 4.79 Å². The van der Waals surface area contributed by atoms with Crippen molar-refractivity contribution in [2.75, 3.05) is 13.1 Å². The molecular weight excluding hydrogens is 306 g/mol. The van der Waals surface area contributed by atoms with Gasteiger partial charge in [-0.2, -0.15) is 0 Å². The maximum atomic E-state index is 12.3. The molecule has 0 bridgehead atoms. The second kappa shape index (κ2) is 18.4. The van der Waals surface area contributed by atoms with E-state index in [1.165, 1.54) is 77.0 Å². The fourth-order valence-corrected chi connectivity index (χ4v) is 3.64. The average molecular weight is 354 g/mol. The normalized spacial score (nSPS) is 12.7. The molecule has 0 saturated heterocycles. The Labute approximate surface area is 159 Å². The minimum atomic E-state index is 0.113. The maximum Gasteiger partial charge on any atom is 0.149 e. The van der Waals surface area contributed by atoms with Gasteiger partial charge in [0.05, 0.1) is 6.04 Å². The second-order valence-electron chi connectivity index (χ2n) is 7.76. The van der Waals surface area contributed by atoms with Gasteiger partial charge in [-0.1, -0.05) is 97.8 Å². The van der Waals surface area contributed by atoms with Crippen LogP contribution in [0.25, 0.3) is 0 Å². The van der Waals surface area contributed by atoms with E-state index in [1.54, 1.807) is 0 Å². The van der Waals surface area contributed by atoms with Crippen molar-refractivity contribution in [3.8, 4) is 0 Å². The lowest BCUT2D eigenvalue weighted by Crippen LogP contribution is -2.39. The zero-order valence-corrected chi connectivity index (χ0v) is 18.0. The largest absolute Gasteiger partial charge is 0.298 e. The van der Waals surface area contributed by atoms with E-state index in [0.29, 0.717) is 5.78 Å². The van der Waals surface area contributed by atoms with Crippen molar-refractivity contribution >= 4 is 5.78 Å². The molecule has 0 aromatic carbocycles. The van der Waals surface area contributed by atoms with Gasteiger partial charge in [0.15, 0.2) is 0 Å². The molecule has 0 aromatic rings. The van der Waals surface area contributed by atoms with E-state index < -0.39 is 0 Å². The van der Waals surface area contributed by atoms with Gasteiger partial charge in [0, 0.05) is 6.42 Å². The predicted molar refractivity (Wildman–Crippen MR) is 112 cm³/mol. The van der Waals surface area contributed by atoms with Gasteiger partial charge in [-0.05, 0) is 32.9 Å². The summed E-state index contributed by atoms with van der Waals surface area (Å²) in [6.07, 6.45) is 19.6. The zero-order valence-electron chi connectivity index (χ0n) is 18.0. The molecule has 1 unspecified atom stereocenters. The summed E-state index contributed by atoms with van der Waals surface area (Å²) in [7, 11) is 0. The first-order valence-corrected chi connectivity index (χ1v) is 11.4. The van der Waals surface area contributed by atoms with Gasteiger partial charge in [0.25, 0.3) is 0 Å². The summed E-state index contributed by atoms with van der Waals surface area (Å²) in [4.78, 5) is 14.6. The molecular formula is C23H47NO. The fourth-order valence-electron chi connectivity index (χ4n) is 3.64. The lowest BCUT2D eigenvalue weighted by Gasteiger charge is -2.26. The van der Waals surface area contributed by atoms with Crippen LogP contribution in [-0.2, 0) is 4.79 Å². The summed E-state index contributed by atoms with van der Waals surface area (Å²) >= 11 is 0. The standard InChI is InChI=1S/C23H47NO/c1-5-8-9-10-11-12-13-14-15-16-17-18-19-20-23(25)22(4)24(7-3)21-6-2/h22H,5-21H2,1-4H3. The molecule has 0 aromatic heterocycles. The zero-order chi connectivity index (χ0) is 18.8. The van der Waals surface area contributed by atoms with Gasteiger partial charge in [-0.15, -0.1) is 0 Å². The molecule has 0 aliphatic heterocycles. The van der Waals surface area contributed by atoms with Crippen molar-refractivity contribution < 1.29 is 4.79 Å². The summed E-state index contributed by atoms with van der Waals surface area (Å²) in [5.41, 5.74) is 0. The first kappa shape index (κ1) is 24.6. The van der Waals surface area contributed by atoms with Crippen molar-refractivity contribution in [3.05, 3.63) is 0 Å². The van der Waals surface area contributed by atoms with Gasteiger partial charge < -0.3 is 0 Å². The maximum absolute atomic E-state index is 12.3. The van der Waals surface area contributed by atoms with Gasteiger partial charge in [-0.3, -0.25) is 9.69 Å². The smallest absolute Gasteiger partial charge is 0.149 e. The number of unbranched alkanes of at least 4 members (excludes halogenated alkanes) is 12. The number of carbonyl (C=O) groups is 1. The summed E-state index contributed by atoms with van der Waals surface area (Å²) < 4.78 is 0. The van der Waals surface area contributed by atoms with Crippen molar-refractivity contribution in [2.45, 2.75) is 130 Å². The molecule has 0 fully saturated rings. The first-order valence-electron chi connectivity index (χ1n) is 11.4. The van der Waals surface area contributed by atoms with Crippen LogP contribution in [0.1, 0.15) is 124 Å². The number of carbonyl (C=O) groups excluding carboxylic acids is 1. The molecule has 150 valence electrons. The molecule has 0 aliphatic carbocycles. The third-order valence-electron chi connectivity index (χ3n) is 5.46. The topological polar surface area (TPSA) is 20.3 Å². The number of nitrogens with zero attached hydrogens (tertiary/aromatic N) is 1. The van der Waals surface area contributed by atoms with Crippen molar-refractivity contribution in [1.82, 2.24) is 4.90 Å². The average Bonchev–Trinajstić information content (AvgIpc) is 2.62. The van der Waals surface area contributed by atoms with Gasteiger partial charge in [0.1, 0.15) is 5.78 Å². The Morgan fingerprint density at radius 2 is 1.12 bits per heavy atom. The van der Waals surface area contributed by atoms with Gasteiger partial charge in [-0.25, -0.2) is 0 Å². The molecule has 0 heterocycles. The number of hydrogen-bond donors (Lipinski definition) is 0. The lowest BCUT2D eigenvalue weighted by atomic mass is 10.0. The third kappa shape index (κ3) is 14.5. The second-order valence-corrected chi connectivity index (χ2v) is 7.76. The molecule has 0 saturated carbocycles. The predicted octanol–water partition coefficient (Wildman–Crippen LogP) is 7.16. The van der Waals surface area contributed by atoms with Gasteiger partial charge in [0.2, 0.25) is 0 Å². The number of hydrogen-bond acceptors (Lipinski definition) is 2. The lowest BCUT2D eigenvalue weighted by molar-refractivity contribution is -0.123. The highest BCUT2D eigenvalue weighted by Gasteiger charge is 2.18. The van der Waals surface area contributed by atoms with Crippen LogP contribution in [-0.4, -0.2) is 29.8 Å². The van der Waals surface area contributed by atoms with E-state index in [4.69, 9.17) is 0 Å². The number of rotatable bonds is 19. The molecule has 0 rings (SSSR count). The quantitative estimate of drug-likeness (QED) is 0.230. The van der Waals surface area contributed by atoms with Crippen molar-refractivity contribution in [1.29, 1.82) is 0 Å².